The SMILES string of the molecule is O=C(O)CCCCCCCCCCCCCC/C=C/C12CC(F)(C1)C2. The van der Waals surface area contributed by atoms with Gasteiger partial charge in [0.15, 0.2) is 0 Å². The number of alkyl halides is 1. The summed E-state index contributed by atoms with van der Waals surface area (Å²) in [5.41, 5.74) is -0.476. The van der Waals surface area contributed by atoms with Crippen LogP contribution in [-0.2, 0) is 4.79 Å². The molecular formula is C22H37FO2. The Morgan fingerprint density at radius 1 is 0.800 bits per heavy atom. The van der Waals surface area contributed by atoms with Crippen molar-refractivity contribution in [2.45, 2.75) is 115 Å². The van der Waals surface area contributed by atoms with E-state index in [2.05, 4.69) is 12.2 Å². The molecule has 2 bridgehead atoms. The Balaban J connectivity index is 1.24. The van der Waals surface area contributed by atoms with E-state index in [0.29, 0.717) is 6.42 Å². The van der Waals surface area contributed by atoms with Gasteiger partial charge in [0.1, 0.15) is 5.67 Å². The predicted octanol–water partition coefficient (Wildman–Crippen LogP) is 6.98. The first-order valence-electron chi connectivity index (χ1n) is 10.6. The van der Waals surface area contributed by atoms with E-state index in [1.165, 1.54) is 70.6 Å². The number of halogens is 1. The maximum Gasteiger partial charge on any atom is 0.303 e. The molecule has 3 fully saturated rings. The number of hydrogen-bond donors (Lipinski definition) is 1. The average molecular weight is 353 g/mol. The lowest BCUT2D eigenvalue weighted by atomic mass is 9.42. The van der Waals surface area contributed by atoms with E-state index in [4.69, 9.17) is 5.11 Å². The lowest BCUT2D eigenvalue weighted by Gasteiger charge is -2.64. The van der Waals surface area contributed by atoms with Gasteiger partial charge in [-0.3, -0.25) is 4.79 Å². The second-order valence-electron chi connectivity index (χ2n) is 8.62. The van der Waals surface area contributed by atoms with Crippen molar-refractivity contribution in [3.63, 3.8) is 0 Å². The zero-order valence-corrected chi connectivity index (χ0v) is 15.9. The first-order chi connectivity index (χ1) is 12.0. The van der Waals surface area contributed by atoms with Crippen molar-refractivity contribution in [2.24, 2.45) is 5.41 Å². The van der Waals surface area contributed by atoms with Crippen molar-refractivity contribution >= 4 is 5.97 Å². The Labute approximate surface area is 153 Å². The normalized spacial score (nSPS) is 27.2. The van der Waals surface area contributed by atoms with Crippen molar-refractivity contribution in [1.82, 2.24) is 0 Å². The van der Waals surface area contributed by atoms with E-state index in [0.717, 1.165) is 32.1 Å². The van der Waals surface area contributed by atoms with Crippen LogP contribution in [0.25, 0.3) is 0 Å². The zero-order valence-electron chi connectivity index (χ0n) is 15.9. The van der Waals surface area contributed by atoms with Crippen LogP contribution in [0, 0.1) is 5.41 Å². The summed E-state index contributed by atoms with van der Waals surface area (Å²) in [6.07, 6.45) is 23.5. The molecule has 0 radical (unpaired) electrons. The van der Waals surface area contributed by atoms with Gasteiger partial charge in [0.25, 0.3) is 0 Å². The largest absolute Gasteiger partial charge is 0.481 e. The third-order valence-electron chi connectivity index (χ3n) is 5.99. The Morgan fingerprint density at radius 2 is 1.24 bits per heavy atom. The van der Waals surface area contributed by atoms with Gasteiger partial charge in [0, 0.05) is 6.42 Å². The summed E-state index contributed by atoms with van der Waals surface area (Å²) in [4.78, 5) is 10.4. The third-order valence-corrected chi connectivity index (χ3v) is 5.99. The molecule has 0 aromatic carbocycles. The van der Waals surface area contributed by atoms with Crippen LogP contribution in [0.4, 0.5) is 4.39 Å². The molecular weight excluding hydrogens is 315 g/mol. The summed E-state index contributed by atoms with van der Waals surface area (Å²) in [6.45, 7) is 0. The summed E-state index contributed by atoms with van der Waals surface area (Å²) < 4.78 is 13.4. The fourth-order valence-electron chi connectivity index (χ4n) is 4.55. The number of carboxylic acids is 1. The van der Waals surface area contributed by atoms with Crippen molar-refractivity contribution in [3.05, 3.63) is 12.2 Å². The smallest absolute Gasteiger partial charge is 0.303 e. The van der Waals surface area contributed by atoms with Gasteiger partial charge in [-0.1, -0.05) is 76.4 Å². The van der Waals surface area contributed by atoms with E-state index >= 15 is 0 Å². The van der Waals surface area contributed by atoms with Crippen LogP contribution in [-0.4, -0.2) is 16.7 Å². The van der Waals surface area contributed by atoms with Crippen LogP contribution >= 0.6 is 0 Å². The number of aliphatic carboxylic acids is 1. The topological polar surface area (TPSA) is 37.3 Å². The molecule has 0 heterocycles. The number of rotatable bonds is 16. The molecule has 0 aliphatic heterocycles. The van der Waals surface area contributed by atoms with Gasteiger partial charge in [-0.05, 0) is 43.9 Å². The molecule has 0 aromatic heterocycles. The number of unbranched alkanes of at least 4 members (excludes halogenated alkanes) is 12. The van der Waals surface area contributed by atoms with Gasteiger partial charge >= 0.3 is 5.97 Å². The number of allylic oxidation sites excluding steroid dienone is 2. The van der Waals surface area contributed by atoms with Crippen LogP contribution in [0.2, 0.25) is 0 Å². The molecule has 3 rings (SSSR count). The van der Waals surface area contributed by atoms with E-state index in [1.54, 1.807) is 0 Å². The highest BCUT2D eigenvalue weighted by Crippen LogP contribution is 2.70. The van der Waals surface area contributed by atoms with Crippen LogP contribution in [0.15, 0.2) is 12.2 Å². The van der Waals surface area contributed by atoms with Crippen LogP contribution in [0.3, 0.4) is 0 Å². The van der Waals surface area contributed by atoms with Crippen LogP contribution in [0.1, 0.15) is 109 Å². The van der Waals surface area contributed by atoms with Crippen molar-refractivity contribution in [3.8, 4) is 0 Å². The second kappa shape index (κ2) is 10.3. The molecule has 0 unspecified atom stereocenters. The summed E-state index contributed by atoms with van der Waals surface area (Å²) in [6, 6.07) is 0. The summed E-state index contributed by atoms with van der Waals surface area (Å²) in [5, 5.41) is 8.56. The Kier molecular flexibility index (Phi) is 8.45. The predicted molar refractivity (Wildman–Crippen MR) is 102 cm³/mol. The Hall–Kier alpha value is -0.860. The quantitative estimate of drug-likeness (QED) is 0.240. The molecule has 25 heavy (non-hydrogen) atoms. The Bertz CT molecular complexity index is 410. The number of carboxylic acid groups (broad SMARTS) is 1. The lowest BCUT2D eigenvalue weighted by molar-refractivity contribution is -0.182. The first kappa shape index (κ1) is 20.5. The van der Waals surface area contributed by atoms with Gasteiger partial charge in [0.2, 0.25) is 0 Å². The molecule has 3 aliphatic carbocycles. The molecule has 0 spiro atoms. The molecule has 3 heteroatoms. The summed E-state index contributed by atoms with van der Waals surface area (Å²) >= 11 is 0. The highest BCUT2D eigenvalue weighted by Gasteiger charge is 2.67. The minimum absolute atomic E-state index is 0.283. The standard InChI is InChI=1S/C22H37FO2/c23-22-17-21(18-22,19-22)16-14-12-10-8-6-4-2-1-3-5-7-9-11-13-15-20(24)25/h14,16H,1-13,15,17-19H2,(H,24,25)/b16-14+. The Morgan fingerprint density at radius 3 is 1.68 bits per heavy atom. The summed E-state index contributed by atoms with van der Waals surface area (Å²) in [7, 11) is 0. The maximum atomic E-state index is 13.4. The number of carbonyl (C=O) groups is 1. The average Bonchev–Trinajstić information content (AvgIpc) is 2.51. The molecule has 0 saturated heterocycles. The molecule has 3 aliphatic rings. The minimum Gasteiger partial charge on any atom is -0.481 e. The van der Waals surface area contributed by atoms with Crippen molar-refractivity contribution in [2.75, 3.05) is 0 Å². The fraction of sp³-hybridized carbons (Fsp3) is 0.864. The van der Waals surface area contributed by atoms with Crippen molar-refractivity contribution in [1.29, 1.82) is 0 Å². The summed E-state index contributed by atoms with van der Waals surface area (Å²) in [5.74, 6) is -0.666. The van der Waals surface area contributed by atoms with E-state index in [-0.39, 0.29) is 5.41 Å². The molecule has 144 valence electrons. The van der Waals surface area contributed by atoms with Gasteiger partial charge in [-0.2, -0.15) is 0 Å². The van der Waals surface area contributed by atoms with E-state index in [9.17, 15) is 9.18 Å². The highest BCUT2D eigenvalue weighted by atomic mass is 19.1. The minimum atomic E-state index is -0.759. The molecule has 1 N–H and O–H groups in total. The molecule has 0 atom stereocenters. The second-order valence-corrected chi connectivity index (χ2v) is 8.62. The third kappa shape index (κ3) is 7.50. The first-order valence-corrected chi connectivity index (χ1v) is 10.6. The van der Waals surface area contributed by atoms with Crippen LogP contribution in [0.5, 0.6) is 0 Å². The highest BCUT2D eigenvalue weighted by molar-refractivity contribution is 5.66. The number of hydrogen-bond acceptors (Lipinski definition) is 1. The molecule has 3 saturated carbocycles. The maximum absolute atomic E-state index is 13.4. The zero-order chi connectivity index (χ0) is 18.0. The lowest BCUT2D eigenvalue weighted by Crippen LogP contribution is -2.63. The van der Waals surface area contributed by atoms with E-state index in [1.807, 2.05) is 0 Å². The van der Waals surface area contributed by atoms with E-state index < -0.39 is 11.6 Å². The molecule has 2 nitrogen and oxygen atoms in total. The van der Waals surface area contributed by atoms with Gasteiger partial charge < -0.3 is 5.11 Å². The van der Waals surface area contributed by atoms with Gasteiger partial charge in [-0.25, -0.2) is 4.39 Å². The van der Waals surface area contributed by atoms with Crippen LogP contribution < -0.4 is 0 Å². The fourth-order valence-corrected chi connectivity index (χ4v) is 4.55. The van der Waals surface area contributed by atoms with Gasteiger partial charge in [0.05, 0.1) is 0 Å². The molecule has 0 aromatic rings. The molecule has 0 amide bonds. The van der Waals surface area contributed by atoms with Gasteiger partial charge in [-0.15, -0.1) is 0 Å². The van der Waals surface area contributed by atoms with Crippen molar-refractivity contribution < 1.29 is 14.3 Å². The monoisotopic (exact) mass is 352 g/mol.